The Kier molecular flexibility index (Phi) is 8.85. The fourth-order valence-corrected chi connectivity index (χ4v) is 2.08. The van der Waals surface area contributed by atoms with E-state index in [4.69, 9.17) is 25.8 Å². The third-order valence-corrected chi connectivity index (χ3v) is 3.44. The van der Waals surface area contributed by atoms with Crippen molar-refractivity contribution in [2.24, 2.45) is 0 Å². The lowest BCUT2D eigenvalue weighted by molar-refractivity contribution is 0.0512. The van der Waals surface area contributed by atoms with Gasteiger partial charge in [0.1, 0.15) is 34.7 Å². The van der Waals surface area contributed by atoms with Crippen molar-refractivity contribution < 1.29 is 47.2 Å². The summed E-state index contributed by atoms with van der Waals surface area (Å²) >= 11 is 0. The Bertz CT molecular complexity index is 1110. The van der Waals surface area contributed by atoms with Crippen molar-refractivity contribution in [1.82, 2.24) is 9.97 Å². The van der Waals surface area contributed by atoms with E-state index in [9.17, 15) is 27.2 Å². The first-order chi connectivity index (χ1) is 15.0. The molecule has 0 atom stereocenters. The van der Waals surface area contributed by atoms with E-state index in [2.05, 4.69) is 14.7 Å². The highest BCUT2D eigenvalue weighted by Crippen LogP contribution is 2.27. The van der Waals surface area contributed by atoms with E-state index in [0.717, 1.165) is 6.07 Å². The van der Waals surface area contributed by atoms with Crippen LogP contribution in [0.3, 0.4) is 0 Å². The van der Waals surface area contributed by atoms with Crippen molar-refractivity contribution in [3.05, 3.63) is 45.8 Å². The lowest BCUT2D eigenvalue weighted by Crippen LogP contribution is -2.11. The number of aromatic hydroxyl groups is 2. The van der Waals surface area contributed by atoms with Gasteiger partial charge in [-0.25, -0.2) is 37.1 Å². The zero-order valence-corrected chi connectivity index (χ0v) is 15.9. The summed E-state index contributed by atoms with van der Waals surface area (Å²) in [7, 11) is 0. The number of aromatic nitrogens is 2. The maximum Gasteiger partial charge on any atom is 0.340 e. The second-order valence-corrected chi connectivity index (χ2v) is 5.44. The Labute approximate surface area is 176 Å². The predicted molar refractivity (Wildman–Crippen MR) is 94.1 cm³/mol. The van der Waals surface area contributed by atoms with E-state index in [1.165, 1.54) is 19.1 Å². The van der Waals surface area contributed by atoms with Gasteiger partial charge in [-0.2, -0.15) is 10.5 Å². The summed E-state index contributed by atoms with van der Waals surface area (Å²) in [5, 5.41) is 43.7. The molecular formula is C18H12F4N4O6. The van der Waals surface area contributed by atoms with Crippen molar-refractivity contribution in [1.29, 1.82) is 10.5 Å². The van der Waals surface area contributed by atoms with Gasteiger partial charge < -0.3 is 20.1 Å². The Balaban J connectivity index is 0.000000323. The molecule has 0 aliphatic carbocycles. The molecule has 32 heavy (non-hydrogen) atoms. The van der Waals surface area contributed by atoms with E-state index in [1.807, 2.05) is 0 Å². The second-order valence-electron chi connectivity index (χ2n) is 5.44. The summed E-state index contributed by atoms with van der Waals surface area (Å²) in [6, 6.07) is 4.46. The number of nitrogens with zero attached hydrogens (tertiary/aromatic N) is 4. The largest absolute Gasteiger partial charge is 0.492 e. The number of hydrogen-bond acceptors (Lipinski definition) is 9. The lowest BCUT2D eigenvalue weighted by Gasteiger charge is -2.08. The quantitative estimate of drug-likeness (QED) is 0.447. The van der Waals surface area contributed by atoms with Crippen LogP contribution in [0.15, 0.2) is 12.1 Å². The molecule has 0 aliphatic rings. The standard InChI is InChI=1S/C10H8F2N2O3.C8H4F2N2O3/c1-2-17-10(16)6-3-5(4-13)9(15)14-7(6)8(11)12;9-6(10)5-4(8(14)15)1-3(2-11)7(13)12-5/h3,8H,2H2,1H3,(H,14,15);1,6H,(H,12,13)(H,14,15). The van der Waals surface area contributed by atoms with Crippen molar-refractivity contribution in [2.45, 2.75) is 19.8 Å². The van der Waals surface area contributed by atoms with Gasteiger partial charge in [-0.15, -0.1) is 0 Å². The minimum Gasteiger partial charge on any atom is -0.492 e. The maximum atomic E-state index is 12.6. The minimum atomic E-state index is -3.13. The molecule has 168 valence electrons. The molecule has 0 aliphatic heterocycles. The van der Waals surface area contributed by atoms with Crippen molar-refractivity contribution in [3.8, 4) is 23.9 Å². The molecule has 0 aromatic carbocycles. The maximum absolute atomic E-state index is 12.6. The van der Waals surface area contributed by atoms with Gasteiger partial charge in [-0.3, -0.25) is 0 Å². The molecule has 14 heteroatoms. The van der Waals surface area contributed by atoms with Crippen LogP contribution in [0.1, 0.15) is 63.0 Å². The first kappa shape index (κ1) is 25.6. The van der Waals surface area contributed by atoms with Crippen LogP contribution in [0.4, 0.5) is 17.6 Å². The van der Waals surface area contributed by atoms with Gasteiger partial charge >= 0.3 is 11.9 Å². The molecule has 3 N–H and O–H groups in total. The van der Waals surface area contributed by atoms with Crippen LogP contribution >= 0.6 is 0 Å². The average Bonchev–Trinajstić information content (AvgIpc) is 2.73. The molecule has 0 unspecified atom stereocenters. The Hall–Kier alpha value is -4.46. The number of carboxylic acids is 1. The molecule has 0 radical (unpaired) electrons. The highest BCUT2D eigenvalue weighted by Gasteiger charge is 2.24. The number of halogens is 4. The smallest absolute Gasteiger partial charge is 0.340 e. The topological polar surface area (TPSA) is 177 Å². The Morgan fingerprint density at radius 1 is 0.969 bits per heavy atom. The van der Waals surface area contributed by atoms with Crippen LogP contribution in [0.5, 0.6) is 11.8 Å². The highest BCUT2D eigenvalue weighted by atomic mass is 19.3. The number of esters is 1. The molecule has 2 rings (SSSR count). The molecule has 2 aromatic rings. The van der Waals surface area contributed by atoms with Gasteiger partial charge in [-0.1, -0.05) is 0 Å². The monoisotopic (exact) mass is 456 g/mol. The Morgan fingerprint density at radius 3 is 1.72 bits per heavy atom. The van der Waals surface area contributed by atoms with Gasteiger partial charge in [0.05, 0.1) is 17.7 Å². The predicted octanol–water partition coefficient (Wildman–Crippen LogP) is 3.07. The molecule has 2 heterocycles. The van der Waals surface area contributed by atoms with Crippen molar-refractivity contribution in [3.63, 3.8) is 0 Å². The van der Waals surface area contributed by atoms with Gasteiger partial charge in [0.15, 0.2) is 0 Å². The number of aromatic carboxylic acids is 1. The van der Waals surface area contributed by atoms with Gasteiger partial charge in [0.25, 0.3) is 12.9 Å². The van der Waals surface area contributed by atoms with Gasteiger partial charge in [0.2, 0.25) is 11.8 Å². The minimum absolute atomic E-state index is 0.00424. The van der Waals surface area contributed by atoms with Crippen LogP contribution < -0.4 is 0 Å². The van der Waals surface area contributed by atoms with Crippen LogP contribution in [0.25, 0.3) is 0 Å². The van der Waals surface area contributed by atoms with Crippen LogP contribution in [0.2, 0.25) is 0 Å². The van der Waals surface area contributed by atoms with Crippen LogP contribution in [-0.2, 0) is 4.74 Å². The van der Waals surface area contributed by atoms with E-state index < -0.39 is 64.6 Å². The third kappa shape index (κ3) is 6.02. The number of nitriles is 2. The molecule has 0 amide bonds. The summed E-state index contributed by atoms with van der Waals surface area (Å²) in [4.78, 5) is 28.0. The van der Waals surface area contributed by atoms with Crippen molar-refractivity contribution >= 4 is 11.9 Å². The zero-order valence-electron chi connectivity index (χ0n) is 15.9. The summed E-state index contributed by atoms with van der Waals surface area (Å²) in [5.41, 5.74) is -4.09. The number of pyridine rings is 2. The number of ether oxygens (including phenoxy) is 1. The van der Waals surface area contributed by atoms with E-state index in [0.29, 0.717) is 6.07 Å². The van der Waals surface area contributed by atoms with E-state index in [-0.39, 0.29) is 12.2 Å². The van der Waals surface area contributed by atoms with Gasteiger partial charge in [0, 0.05) is 0 Å². The van der Waals surface area contributed by atoms with E-state index >= 15 is 0 Å². The molecule has 0 spiro atoms. The Morgan fingerprint density at radius 2 is 1.38 bits per heavy atom. The summed E-state index contributed by atoms with van der Waals surface area (Å²) in [6.07, 6.45) is -6.18. The average molecular weight is 456 g/mol. The number of carboxylic acid groups (broad SMARTS) is 1. The molecule has 2 aromatic heterocycles. The molecule has 0 saturated heterocycles. The number of alkyl halides is 4. The molecule has 10 nitrogen and oxygen atoms in total. The second kappa shape index (κ2) is 11.1. The molecule has 0 saturated carbocycles. The fourth-order valence-electron chi connectivity index (χ4n) is 2.08. The van der Waals surface area contributed by atoms with Gasteiger partial charge in [-0.05, 0) is 19.1 Å². The van der Waals surface area contributed by atoms with Crippen molar-refractivity contribution in [2.75, 3.05) is 6.61 Å². The van der Waals surface area contributed by atoms with Crippen LogP contribution in [0, 0.1) is 22.7 Å². The first-order valence-electron chi connectivity index (χ1n) is 8.23. The normalized spacial score (nSPS) is 10.0. The molecule has 0 fully saturated rings. The summed E-state index contributed by atoms with van der Waals surface area (Å²) in [5.74, 6) is -4.38. The lowest BCUT2D eigenvalue weighted by atomic mass is 10.1. The summed E-state index contributed by atoms with van der Waals surface area (Å²) < 4.78 is 54.3. The number of rotatable bonds is 5. The van der Waals surface area contributed by atoms with E-state index in [1.54, 1.807) is 0 Å². The molecule has 0 bridgehead atoms. The molecular weight excluding hydrogens is 444 g/mol. The summed E-state index contributed by atoms with van der Waals surface area (Å²) in [6.45, 7) is 1.52. The van der Waals surface area contributed by atoms with Crippen LogP contribution in [-0.4, -0.2) is 43.8 Å². The third-order valence-electron chi connectivity index (χ3n) is 3.44. The zero-order chi connectivity index (χ0) is 24.6. The fraction of sp³-hybridized carbons (Fsp3) is 0.222. The number of carbonyl (C=O) groups is 2. The number of hydrogen-bond donors (Lipinski definition) is 3. The number of carbonyl (C=O) groups excluding carboxylic acids is 1. The highest BCUT2D eigenvalue weighted by molar-refractivity contribution is 5.91. The first-order valence-corrected chi connectivity index (χ1v) is 8.23. The SMILES string of the molecule is CCOC(=O)c1cc(C#N)c(O)nc1C(F)F.N#Cc1cc(C(=O)O)c(C(F)F)nc1O.